The van der Waals surface area contributed by atoms with Crippen molar-refractivity contribution in [1.82, 2.24) is 9.80 Å². The van der Waals surface area contributed by atoms with Crippen molar-refractivity contribution in [2.24, 2.45) is 5.92 Å². The van der Waals surface area contributed by atoms with Crippen LogP contribution in [0.4, 0.5) is 0 Å². The van der Waals surface area contributed by atoms with Crippen LogP contribution in [0.1, 0.15) is 6.92 Å². The van der Waals surface area contributed by atoms with E-state index in [0.717, 1.165) is 0 Å². The maximum atomic E-state index is 11.9. The number of hydrogen-bond donors (Lipinski definition) is 1. The Morgan fingerprint density at radius 2 is 2.06 bits per heavy atom. The van der Waals surface area contributed by atoms with Crippen molar-refractivity contribution in [3.8, 4) is 0 Å². The highest BCUT2D eigenvalue weighted by molar-refractivity contribution is 5.79. The van der Waals surface area contributed by atoms with Crippen molar-refractivity contribution < 1.29 is 19.4 Å². The van der Waals surface area contributed by atoms with Crippen molar-refractivity contribution in [2.45, 2.75) is 13.0 Å². The SMILES string of the molecule is CC1CN(C(=O)CN2CC(C(=O)O)C2)CCO1. The molecule has 2 rings (SSSR count). The number of nitrogens with zero attached hydrogens (tertiary/aromatic N) is 2. The molecule has 0 aromatic carbocycles. The molecule has 6 heteroatoms. The molecule has 2 aliphatic heterocycles. The zero-order valence-electron chi connectivity index (χ0n) is 9.96. The molecule has 17 heavy (non-hydrogen) atoms. The molecular formula is C11H18N2O4. The highest BCUT2D eigenvalue weighted by Gasteiger charge is 2.34. The second-order valence-corrected chi connectivity index (χ2v) is 4.75. The number of hydrogen-bond acceptors (Lipinski definition) is 4. The Bertz CT molecular complexity index is 315. The van der Waals surface area contributed by atoms with Crippen LogP contribution < -0.4 is 0 Å². The van der Waals surface area contributed by atoms with Crippen molar-refractivity contribution in [2.75, 3.05) is 39.3 Å². The maximum Gasteiger partial charge on any atom is 0.309 e. The third-order valence-corrected chi connectivity index (χ3v) is 3.26. The number of carboxylic acid groups (broad SMARTS) is 1. The van der Waals surface area contributed by atoms with Gasteiger partial charge in [-0.1, -0.05) is 0 Å². The Kier molecular flexibility index (Phi) is 3.63. The molecule has 1 unspecified atom stereocenters. The summed E-state index contributed by atoms with van der Waals surface area (Å²) < 4.78 is 5.37. The lowest BCUT2D eigenvalue weighted by molar-refractivity contribution is -0.151. The van der Waals surface area contributed by atoms with Crippen LogP contribution in [0, 0.1) is 5.92 Å². The lowest BCUT2D eigenvalue weighted by Crippen LogP contribution is -2.55. The zero-order valence-corrected chi connectivity index (χ0v) is 9.96. The van der Waals surface area contributed by atoms with Crippen LogP contribution in [0.25, 0.3) is 0 Å². The molecule has 2 saturated heterocycles. The number of carbonyl (C=O) groups is 2. The van der Waals surface area contributed by atoms with Crippen LogP contribution in [-0.4, -0.2) is 72.2 Å². The molecule has 1 N–H and O–H groups in total. The summed E-state index contributed by atoms with van der Waals surface area (Å²) in [6, 6.07) is 0. The van der Waals surface area contributed by atoms with Crippen molar-refractivity contribution in [3.05, 3.63) is 0 Å². The van der Waals surface area contributed by atoms with E-state index in [1.807, 2.05) is 11.8 Å². The molecule has 0 radical (unpaired) electrons. The minimum Gasteiger partial charge on any atom is -0.481 e. The normalized spacial score (nSPS) is 26.6. The Morgan fingerprint density at radius 1 is 1.35 bits per heavy atom. The number of carbonyl (C=O) groups excluding carboxylic acids is 1. The number of carboxylic acids is 1. The highest BCUT2D eigenvalue weighted by Crippen LogP contribution is 2.15. The summed E-state index contributed by atoms with van der Waals surface area (Å²) in [6.45, 7) is 5.11. The molecule has 2 fully saturated rings. The monoisotopic (exact) mass is 242 g/mol. The first-order chi connectivity index (χ1) is 8.06. The molecule has 2 aliphatic rings. The number of rotatable bonds is 3. The van der Waals surface area contributed by atoms with Gasteiger partial charge in [-0.2, -0.15) is 0 Å². The standard InChI is InChI=1S/C11H18N2O4/c1-8-4-13(2-3-17-8)10(14)7-12-5-9(6-12)11(15)16/h8-9H,2-7H2,1H3,(H,15,16). The van der Waals surface area contributed by atoms with Gasteiger partial charge in [0.25, 0.3) is 0 Å². The molecule has 0 bridgehead atoms. The summed E-state index contributed by atoms with van der Waals surface area (Å²) in [5.41, 5.74) is 0. The molecule has 96 valence electrons. The van der Waals surface area contributed by atoms with Gasteiger partial charge in [0.05, 0.1) is 25.2 Å². The van der Waals surface area contributed by atoms with Crippen molar-refractivity contribution in [1.29, 1.82) is 0 Å². The van der Waals surface area contributed by atoms with E-state index in [0.29, 0.717) is 39.3 Å². The van der Waals surface area contributed by atoms with E-state index in [1.54, 1.807) is 4.90 Å². The summed E-state index contributed by atoms with van der Waals surface area (Å²) >= 11 is 0. The van der Waals surface area contributed by atoms with Gasteiger partial charge in [-0.15, -0.1) is 0 Å². The lowest BCUT2D eigenvalue weighted by atomic mass is 10.0. The number of aliphatic carboxylic acids is 1. The maximum absolute atomic E-state index is 11.9. The smallest absolute Gasteiger partial charge is 0.309 e. The Labute approximate surface area is 100 Å². The van der Waals surface area contributed by atoms with Gasteiger partial charge in [0.15, 0.2) is 0 Å². The molecule has 0 aromatic heterocycles. The largest absolute Gasteiger partial charge is 0.481 e. The predicted octanol–water partition coefficient (Wildman–Crippen LogP) is -0.750. The molecule has 0 aliphatic carbocycles. The average Bonchev–Trinajstić information content (AvgIpc) is 2.21. The van der Waals surface area contributed by atoms with Crippen LogP contribution >= 0.6 is 0 Å². The van der Waals surface area contributed by atoms with E-state index >= 15 is 0 Å². The summed E-state index contributed by atoms with van der Waals surface area (Å²) in [7, 11) is 0. The molecule has 1 atom stereocenters. The van der Waals surface area contributed by atoms with Crippen LogP contribution in [0.2, 0.25) is 0 Å². The third-order valence-electron chi connectivity index (χ3n) is 3.26. The summed E-state index contributed by atoms with van der Waals surface area (Å²) in [5, 5.41) is 8.73. The molecule has 2 heterocycles. The van der Waals surface area contributed by atoms with Gasteiger partial charge in [-0.25, -0.2) is 0 Å². The Morgan fingerprint density at radius 3 is 2.65 bits per heavy atom. The zero-order chi connectivity index (χ0) is 12.4. The van der Waals surface area contributed by atoms with E-state index in [1.165, 1.54) is 0 Å². The fourth-order valence-electron chi connectivity index (χ4n) is 2.19. The number of ether oxygens (including phenoxy) is 1. The van der Waals surface area contributed by atoms with Crippen LogP contribution in [0.15, 0.2) is 0 Å². The van der Waals surface area contributed by atoms with Crippen molar-refractivity contribution >= 4 is 11.9 Å². The molecule has 0 spiro atoms. The lowest BCUT2D eigenvalue weighted by Gasteiger charge is -2.38. The highest BCUT2D eigenvalue weighted by atomic mass is 16.5. The summed E-state index contributed by atoms with van der Waals surface area (Å²) in [5.74, 6) is -0.996. The van der Waals surface area contributed by atoms with Gasteiger partial charge in [0.2, 0.25) is 5.91 Å². The van der Waals surface area contributed by atoms with Gasteiger partial charge in [-0.05, 0) is 6.92 Å². The van der Waals surface area contributed by atoms with Gasteiger partial charge < -0.3 is 14.7 Å². The van der Waals surface area contributed by atoms with Crippen LogP contribution in [-0.2, 0) is 14.3 Å². The first-order valence-corrected chi connectivity index (χ1v) is 5.91. The quantitative estimate of drug-likeness (QED) is 0.705. The fourth-order valence-corrected chi connectivity index (χ4v) is 2.19. The van der Waals surface area contributed by atoms with Crippen molar-refractivity contribution in [3.63, 3.8) is 0 Å². The third kappa shape index (κ3) is 2.95. The topological polar surface area (TPSA) is 70.1 Å². The minimum absolute atomic E-state index is 0.0731. The molecule has 0 aromatic rings. The second kappa shape index (κ2) is 5.01. The Balaban J connectivity index is 1.73. The van der Waals surface area contributed by atoms with Gasteiger partial charge >= 0.3 is 5.97 Å². The first-order valence-electron chi connectivity index (χ1n) is 5.91. The van der Waals surface area contributed by atoms with Crippen LogP contribution in [0.5, 0.6) is 0 Å². The number of morpholine rings is 1. The molecule has 6 nitrogen and oxygen atoms in total. The molecular weight excluding hydrogens is 224 g/mol. The number of likely N-dealkylation sites (tertiary alicyclic amines) is 1. The van der Waals surface area contributed by atoms with E-state index < -0.39 is 5.97 Å². The summed E-state index contributed by atoms with van der Waals surface area (Å²) in [4.78, 5) is 26.2. The minimum atomic E-state index is -0.770. The van der Waals surface area contributed by atoms with Gasteiger partial charge in [-0.3, -0.25) is 14.5 Å². The van der Waals surface area contributed by atoms with Gasteiger partial charge in [0, 0.05) is 26.2 Å². The van der Waals surface area contributed by atoms with E-state index in [-0.39, 0.29) is 17.9 Å². The average molecular weight is 242 g/mol. The first kappa shape index (κ1) is 12.3. The number of amides is 1. The van der Waals surface area contributed by atoms with E-state index in [2.05, 4.69) is 0 Å². The molecule has 0 saturated carbocycles. The molecule has 1 amide bonds. The second-order valence-electron chi connectivity index (χ2n) is 4.75. The van der Waals surface area contributed by atoms with E-state index in [9.17, 15) is 9.59 Å². The van der Waals surface area contributed by atoms with Gasteiger partial charge in [0.1, 0.15) is 0 Å². The van der Waals surface area contributed by atoms with Crippen LogP contribution in [0.3, 0.4) is 0 Å². The fraction of sp³-hybridized carbons (Fsp3) is 0.818. The predicted molar refractivity (Wildman–Crippen MR) is 59.6 cm³/mol. The Hall–Kier alpha value is -1.14. The van der Waals surface area contributed by atoms with E-state index in [4.69, 9.17) is 9.84 Å². The summed E-state index contributed by atoms with van der Waals surface area (Å²) in [6.07, 6.45) is 0.0934.